The molecule has 0 spiro atoms. The van der Waals surface area contributed by atoms with Crippen LogP contribution in [0.5, 0.6) is 5.75 Å². The lowest BCUT2D eigenvalue weighted by molar-refractivity contribution is 0.259. The maximum absolute atomic E-state index is 6.36. The van der Waals surface area contributed by atoms with E-state index in [1.54, 1.807) is 7.11 Å². The molecule has 122 valence electrons. The van der Waals surface area contributed by atoms with E-state index in [0.717, 1.165) is 24.8 Å². The van der Waals surface area contributed by atoms with Crippen LogP contribution < -0.4 is 10.5 Å². The SMILES string of the molecule is COc1ccc(CN2CC3CCCC(N)C3C2)c2ccccc12. The number of fused-ring (bicyclic) bond motifs is 2. The van der Waals surface area contributed by atoms with Crippen LogP contribution in [-0.4, -0.2) is 31.1 Å². The molecule has 3 unspecified atom stereocenters. The van der Waals surface area contributed by atoms with Gasteiger partial charge in [-0.2, -0.15) is 0 Å². The van der Waals surface area contributed by atoms with Crippen molar-refractivity contribution in [3.8, 4) is 5.75 Å². The van der Waals surface area contributed by atoms with E-state index in [0.29, 0.717) is 12.0 Å². The van der Waals surface area contributed by atoms with Crippen LogP contribution in [0.25, 0.3) is 10.8 Å². The molecule has 2 aliphatic rings. The summed E-state index contributed by atoms with van der Waals surface area (Å²) in [6.45, 7) is 3.38. The summed E-state index contributed by atoms with van der Waals surface area (Å²) in [5, 5.41) is 2.52. The minimum Gasteiger partial charge on any atom is -0.496 e. The lowest BCUT2D eigenvalue weighted by Gasteiger charge is -2.29. The molecule has 3 atom stereocenters. The van der Waals surface area contributed by atoms with Gasteiger partial charge in [0.25, 0.3) is 0 Å². The van der Waals surface area contributed by atoms with E-state index in [1.165, 1.54) is 42.1 Å². The van der Waals surface area contributed by atoms with Gasteiger partial charge in [0.2, 0.25) is 0 Å². The minimum absolute atomic E-state index is 0.409. The van der Waals surface area contributed by atoms with Crippen LogP contribution in [0.1, 0.15) is 24.8 Å². The van der Waals surface area contributed by atoms with Crippen LogP contribution in [0.4, 0.5) is 0 Å². The minimum atomic E-state index is 0.409. The van der Waals surface area contributed by atoms with Crippen LogP contribution in [0.2, 0.25) is 0 Å². The molecule has 1 saturated carbocycles. The monoisotopic (exact) mass is 310 g/mol. The number of methoxy groups -OCH3 is 1. The first-order valence-corrected chi connectivity index (χ1v) is 8.79. The number of hydrogen-bond acceptors (Lipinski definition) is 3. The molecule has 2 N–H and O–H groups in total. The fraction of sp³-hybridized carbons (Fsp3) is 0.500. The molecule has 0 radical (unpaired) electrons. The van der Waals surface area contributed by atoms with Gasteiger partial charge in [0.1, 0.15) is 5.75 Å². The molecule has 2 aromatic carbocycles. The van der Waals surface area contributed by atoms with Gasteiger partial charge < -0.3 is 10.5 Å². The second kappa shape index (κ2) is 6.14. The highest BCUT2D eigenvalue weighted by Crippen LogP contribution is 2.37. The summed E-state index contributed by atoms with van der Waals surface area (Å²) in [4.78, 5) is 2.61. The summed E-state index contributed by atoms with van der Waals surface area (Å²) in [7, 11) is 1.74. The third-order valence-corrected chi connectivity index (χ3v) is 5.82. The van der Waals surface area contributed by atoms with E-state index in [2.05, 4.69) is 41.3 Å². The van der Waals surface area contributed by atoms with Gasteiger partial charge in [-0.05, 0) is 41.7 Å². The van der Waals surface area contributed by atoms with Gasteiger partial charge in [-0.25, -0.2) is 0 Å². The molecule has 2 fully saturated rings. The Morgan fingerprint density at radius 1 is 1.09 bits per heavy atom. The summed E-state index contributed by atoms with van der Waals surface area (Å²) in [5.41, 5.74) is 7.76. The summed E-state index contributed by atoms with van der Waals surface area (Å²) in [5.74, 6) is 2.47. The molecule has 1 saturated heterocycles. The highest BCUT2D eigenvalue weighted by molar-refractivity contribution is 5.91. The number of nitrogens with two attached hydrogens (primary N) is 1. The Balaban J connectivity index is 1.59. The Morgan fingerprint density at radius 2 is 1.91 bits per heavy atom. The van der Waals surface area contributed by atoms with Crippen molar-refractivity contribution in [2.24, 2.45) is 17.6 Å². The predicted octanol–water partition coefficient (Wildman–Crippen LogP) is 3.41. The third kappa shape index (κ3) is 2.73. The summed E-state index contributed by atoms with van der Waals surface area (Å²) in [6, 6.07) is 13.3. The van der Waals surface area contributed by atoms with Crippen molar-refractivity contribution in [2.45, 2.75) is 31.8 Å². The van der Waals surface area contributed by atoms with E-state index >= 15 is 0 Å². The number of likely N-dealkylation sites (tertiary alicyclic amines) is 1. The van der Waals surface area contributed by atoms with E-state index in [4.69, 9.17) is 10.5 Å². The fourth-order valence-electron chi connectivity index (χ4n) is 4.63. The normalized spacial score (nSPS) is 28.0. The van der Waals surface area contributed by atoms with Crippen molar-refractivity contribution in [2.75, 3.05) is 20.2 Å². The van der Waals surface area contributed by atoms with Crippen LogP contribution in [0.3, 0.4) is 0 Å². The molecule has 1 heterocycles. The highest BCUT2D eigenvalue weighted by Gasteiger charge is 2.38. The van der Waals surface area contributed by atoms with Crippen molar-refractivity contribution in [1.82, 2.24) is 4.90 Å². The molecule has 1 aliphatic carbocycles. The van der Waals surface area contributed by atoms with Crippen molar-refractivity contribution in [3.63, 3.8) is 0 Å². The quantitative estimate of drug-likeness (QED) is 0.944. The molecule has 0 aromatic heterocycles. The standard InChI is InChI=1S/C20H26N2O/c1-23-20-10-9-15(16-6-2-3-7-17(16)20)12-22-11-14-5-4-8-19(21)18(14)13-22/h2-3,6-7,9-10,14,18-19H,4-5,8,11-13,21H2,1H3. The molecular formula is C20H26N2O. The van der Waals surface area contributed by atoms with Crippen molar-refractivity contribution in [1.29, 1.82) is 0 Å². The molecule has 1 aliphatic heterocycles. The van der Waals surface area contributed by atoms with Crippen molar-refractivity contribution >= 4 is 10.8 Å². The first-order valence-electron chi connectivity index (χ1n) is 8.79. The zero-order chi connectivity index (χ0) is 15.8. The van der Waals surface area contributed by atoms with Gasteiger partial charge in [0.15, 0.2) is 0 Å². The van der Waals surface area contributed by atoms with E-state index < -0.39 is 0 Å². The summed E-state index contributed by atoms with van der Waals surface area (Å²) < 4.78 is 5.51. The van der Waals surface area contributed by atoms with Crippen LogP contribution >= 0.6 is 0 Å². The third-order valence-electron chi connectivity index (χ3n) is 5.82. The first kappa shape index (κ1) is 15.0. The lowest BCUT2D eigenvalue weighted by atomic mass is 9.78. The topological polar surface area (TPSA) is 38.5 Å². The molecule has 3 nitrogen and oxygen atoms in total. The Bertz CT molecular complexity index is 699. The van der Waals surface area contributed by atoms with E-state index in [-0.39, 0.29) is 0 Å². The second-order valence-electron chi connectivity index (χ2n) is 7.19. The van der Waals surface area contributed by atoms with Crippen molar-refractivity contribution < 1.29 is 4.74 Å². The lowest BCUT2D eigenvalue weighted by Crippen LogP contribution is -2.38. The second-order valence-corrected chi connectivity index (χ2v) is 7.19. The van der Waals surface area contributed by atoms with E-state index in [1.807, 2.05) is 0 Å². The Labute approximate surface area is 138 Å². The predicted molar refractivity (Wildman–Crippen MR) is 94.6 cm³/mol. The maximum Gasteiger partial charge on any atom is 0.126 e. The molecule has 2 aromatic rings. The zero-order valence-electron chi connectivity index (χ0n) is 13.9. The first-order chi connectivity index (χ1) is 11.3. The van der Waals surface area contributed by atoms with E-state index in [9.17, 15) is 0 Å². The summed E-state index contributed by atoms with van der Waals surface area (Å²) in [6.07, 6.45) is 3.88. The fourth-order valence-corrected chi connectivity index (χ4v) is 4.63. The van der Waals surface area contributed by atoms with Crippen LogP contribution in [0, 0.1) is 11.8 Å². The van der Waals surface area contributed by atoms with Crippen molar-refractivity contribution in [3.05, 3.63) is 42.0 Å². The molecule has 4 rings (SSSR count). The number of benzene rings is 2. The number of ether oxygens (including phenoxy) is 1. The largest absolute Gasteiger partial charge is 0.496 e. The zero-order valence-corrected chi connectivity index (χ0v) is 13.9. The maximum atomic E-state index is 6.36. The van der Waals surface area contributed by atoms with Gasteiger partial charge in [-0.1, -0.05) is 36.8 Å². The molecule has 0 amide bonds. The van der Waals surface area contributed by atoms with Gasteiger partial charge in [-0.15, -0.1) is 0 Å². The highest BCUT2D eigenvalue weighted by atomic mass is 16.5. The van der Waals surface area contributed by atoms with Gasteiger partial charge in [-0.3, -0.25) is 4.90 Å². The average Bonchev–Trinajstić information content (AvgIpc) is 2.99. The van der Waals surface area contributed by atoms with Crippen LogP contribution in [0.15, 0.2) is 36.4 Å². The Kier molecular flexibility index (Phi) is 4.00. The summed E-state index contributed by atoms with van der Waals surface area (Å²) >= 11 is 0. The number of hydrogen-bond donors (Lipinski definition) is 1. The average molecular weight is 310 g/mol. The van der Waals surface area contributed by atoms with Gasteiger partial charge in [0, 0.05) is 31.1 Å². The van der Waals surface area contributed by atoms with Gasteiger partial charge >= 0.3 is 0 Å². The number of rotatable bonds is 3. The molecular weight excluding hydrogens is 284 g/mol. The molecule has 3 heteroatoms. The smallest absolute Gasteiger partial charge is 0.126 e. The number of nitrogens with zero attached hydrogens (tertiary/aromatic N) is 1. The Hall–Kier alpha value is -1.58. The molecule has 23 heavy (non-hydrogen) atoms. The van der Waals surface area contributed by atoms with Gasteiger partial charge in [0.05, 0.1) is 7.11 Å². The van der Waals surface area contributed by atoms with Crippen LogP contribution in [-0.2, 0) is 6.54 Å². The Morgan fingerprint density at radius 3 is 2.70 bits per heavy atom. The molecule has 0 bridgehead atoms.